The van der Waals surface area contributed by atoms with Crippen LogP contribution in [0.15, 0.2) is 27.8 Å². The molecule has 0 atom stereocenters. The van der Waals surface area contributed by atoms with Crippen LogP contribution in [0.1, 0.15) is 23.3 Å². The number of rotatable bonds is 3. The molecule has 0 saturated carbocycles. The van der Waals surface area contributed by atoms with Gasteiger partial charge in [0.1, 0.15) is 5.69 Å². The van der Waals surface area contributed by atoms with Gasteiger partial charge in [0.05, 0.1) is 17.6 Å². The van der Waals surface area contributed by atoms with Crippen molar-refractivity contribution in [3.63, 3.8) is 0 Å². The summed E-state index contributed by atoms with van der Waals surface area (Å²) in [4.78, 5) is 25.5. The minimum absolute atomic E-state index is 0.203. The molecule has 1 spiro atoms. The normalized spacial score (nSPS) is 19.7. The first-order chi connectivity index (χ1) is 12.0. The van der Waals surface area contributed by atoms with Gasteiger partial charge in [-0.25, -0.2) is 4.98 Å². The highest BCUT2D eigenvalue weighted by Crippen LogP contribution is 2.41. The van der Waals surface area contributed by atoms with E-state index in [1.807, 2.05) is 6.07 Å². The number of pyridine rings is 1. The first kappa shape index (κ1) is 16.9. The molecule has 2 saturated heterocycles. The van der Waals surface area contributed by atoms with Crippen molar-refractivity contribution >= 4 is 44.5 Å². The maximum atomic E-state index is 12.4. The number of anilines is 2. The molecule has 2 aromatic heterocycles. The van der Waals surface area contributed by atoms with E-state index in [9.17, 15) is 4.79 Å². The third kappa shape index (κ3) is 3.43. The van der Waals surface area contributed by atoms with Crippen molar-refractivity contribution in [1.82, 2.24) is 14.9 Å². The van der Waals surface area contributed by atoms with Crippen LogP contribution >= 0.6 is 27.3 Å². The maximum absolute atomic E-state index is 12.4. The molecule has 1 N–H and O–H groups in total. The van der Waals surface area contributed by atoms with E-state index in [1.165, 1.54) is 37.3 Å². The van der Waals surface area contributed by atoms with Gasteiger partial charge in [-0.3, -0.25) is 9.78 Å². The summed E-state index contributed by atoms with van der Waals surface area (Å²) in [7, 11) is 2.19. The molecular formula is C17H20BrN5OS. The smallest absolute Gasteiger partial charge is 0.275 e. The van der Waals surface area contributed by atoms with Crippen molar-refractivity contribution in [2.24, 2.45) is 5.41 Å². The summed E-state index contributed by atoms with van der Waals surface area (Å²) in [5, 5.41) is 4.71. The molecule has 132 valence electrons. The van der Waals surface area contributed by atoms with Gasteiger partial charge in [0, 0.05) is 37.8 Å². The number of nitrogens with one attached hydrogen (secondary N) is 1. The van der Waals surface area contributed by atoms with E-state index in [4.69, 9.17) is 0 Å². The molecular weight excluding hydrogens is 402 g/mol. The second-order valence-corrected chi connectivity index (χ2v) is 9.13. The van der Waals surface area contributed by atoms with Crippen molar-refractivity contribution in [3.05, 3.63) is 33.5 Å². The summed E-state index contributed by atoms with van der Waals surface area (Å²) in [6.07, 6.45) is 5.90. The highest BCUT2D eigenvalue weighted by atomic mass is 79.9. The molecule has 2 aromatic rings. The lowest BCUT2D eigenvalue weighted by Crippen LogP contribution is -2.58. The number of amides is 1. The summed E-state index contributed by atoms with van der Waals surface area (Å²) in [6.45, 7) is 4.45. The fourth-order valence-corrected chi connectivity index (χ4v) is 4.93. The van der Waals surface area contributed by atoms with Gasteiger partial charge in [-0.05, 0) is 47.3 Å². The zero-order chi connectivity index (χ0) is 17.4. The van der Waals surface area contributed by atoms with Gasteiger partial charge in [-0.1, -0.05) is 0 Å². The summed E-state index contributed by atoms with van der Waals surface area (Å²) in [5.41, 5.74) is 2.72. The second kappa shape index (κ2) is 6.66. The van der Waals surface area contributed by atoms with Crippen LogP contribution in [0.4, 0.5) is 11.4 Å². The van der Waals surface area contributed by atoms with Crippen LogP contribution < -0.4 is 10.2 Å². The Bertz CT molecular complexity index is 779. The van der Waals surface area contributed by atoms with Crippen LogP contribution in [0, 0.1) is 5.41 Å². The highest BCUT2D eigenvalue weighted by molar-refractivity contribution is 9.11. The molecule has 6 nitrogen and oxygen atoms in total. The van der Waals surface area contributed by atoms with E-state index in [2.05, 4.69) is 48.1 Å². The molecule has 8 heteroatoms. The largest absolute Gasteiger partial charge is 0.370 e. The molecule has 4 rings (SSSR count). The molecule has 4 heterocycles. The summed E-state index contributed by atoms with van der Waals surface area (Å²) >= 11 is 4.69. The van der Waals surface area contributed by atoms with Crippen LogP contribution in [0.2, 0.25) is 0 Å². The number of thiazole rings is 1. The van der Waals surface area contributed by atoms with Gasteiger partial charge >= 0.3 is 0 Å². The number of piperidine rings is 1. The molecule has 0 aliphatic carbocycles. The minimum atomic E-state index is -0.203. The van der Waals surface area contributed by atoms with E-state index in [1.54, 1.807) is 17.8 Å². The molecule has 0 unspecified atom stereocenters. The van der Waals surface area contributed by atoms with Crippen LogP contribution in [-0.4, -0.2) is 54.0 Å². The van der Waals surface area contributed by atoms with E-state index in [0.717, 1.165) is 24.5 Å². The van der Waals surface area contributed by atoms with E-state index in [0.29, 0.717) is 15.0 Å². The van der Waals surface area contributed by atoms with Crippen molar-refractivity contribution in [2.45, 2.75) is 12.8 Å². The third-order valence-corrected chi connectivity index (χ3v) is 6.50. The lowest BCUT2D eigenvalue weighted by atomic mass is 9.72. The Kier molecular flexibility index (Phi) is 4.51. The number of hydrogen-bond acceptors (Lipinski definition) is 6. The Morgan fingerprint density at radius 3 is 2.76 bits per heavy atom. The van der Waals surface area contributed by atoms with Crippen molar-refractivity contribution < 1.29 is 4.79 Å². The fraction of sp³-hybridized carbons (Fsp3) is 0.471. The monoisotopic (exact) mass is 421 g/mol. The quantitative estimate of drug-likeness (QED) is 0.824. The van der Waals surface area contributed by atoms with Gasteiger partial charge in [-0.2, -0.15) is 0 Å². The van der Waals surface area contributed by atoms with Gasteiger partial charge < -0.3 is 15.1 Å². The molecule has 2 fully saturated rings. The zero-order valence-electron chi connectivity index (χ0n) is 14.0. The molecule has 2 aliphatic heterocycles. The Hall–Kier alpha value is -1.51. The number of nitrogens with zero attached hydrogens (tertiary/aromatic N) is 4. The van der Waals surface area contributed by atoms with Gasteiger partial charge in [0.2, 0.25) is 0 Å². The van der Waals surface area contributed by atoms with Gasteiger partial charge in [0.15, 0.2) is 3.92 Å². The van der Waals surface area contributed by atoms with Gasteiger partial charge in [0.25, 0.3) is 5.91 Å². The Balaban J connectivity index is 1.47. The number of carbonyl (C=O) groups excluding carboxylic acids is 1. The maximum Gasteiger partial charge on any atom is 0.275 e. The average molecular weight is 422 g/mol. The Morgan fingerprint density at radius 1 is 1.36 bits per heavy atom. The molecule has 0 bridgehead atoms. The summed E-state index contributed by atoms with van der Waals surface area (Å²) < 4.78 is 0.704. The minimum Gasteiger partial charge on any atom is -0.370 e. The van der Waals surface area contributed by atoms with E-state index >= 15 is 0 Å². The standard InChI is InChI=1S/C17H20BrN5OS/c1-22-10-17(11-22)3-6-23(7-4-17)14-2-5-19-8-12(14)20-15(24)13-9-25-16(18)21-13/h2,5,8-9H,3-4,6-7,10-11H2,1H3,(H,20,24). The van der Waals surface area contributed by atoms with Crippen molar-refractivity contribution in [1.29, 1.82) is 0 Å². The second-order valence-electron chi connectivity index (χ2n) is 6.99. The number of aromatic nitrogens is 2. The number of likely N-dealkylation sites (tertiary alicyclic amines) is 1. The van der Waals surface area contributed by atoms with E-state index < -0.39 is 0 Å². The summed E-state index contributed by atoms with van der Waals surface area (Å²) in [6, 6.07) is 1.98. The Morgan fingerprint density at radius 2 is 2.12 bits per heavy atom. The topological polar surface area (TPSA) is 61.4 Å². The average Bonchev–Trinajstić information content (AvgIpc) is 3.02. The van der Waals surface area contributed by atoms with Crippen LogP contribution in [0.25, 0.3) is 0 Å². The van der Waals surface area contributed by atoms with Crippen molar-refractivity contribution in [2.75, 3.05) is 43.4 Å². The number of halogens is 1. The molecule has 0 radical (unpaired) electrons. The SMILES string of the molecule is CN1CC2(CCN(c3ccncc3NC(=O)c3csc(Br)n3)CC2)C1. The lowest BCUT2D eigenvalue weighted by molar-refractivity contribution is 0.00133. The number of carbonyl (C=O) groups is 1. The first-order valence-electron chi connectivity index (χ1n) is 8.35. The zero-order valence-corrected chi connectivity index (χ0v) is 16.4. The molecule has 25 heavy (non-hydrogen) atoms. The predicted octanol–water partition coefficient (Wildman–Crippen LogP) is 3.08. The highest BCUT2D eigenvalue weighted by Gasteiger charge is 2.43. The van der Waals surface area contributed by atoms with Crippen LogP contribution in [0.3, 0.4) is 0 Å². The molecule has 0 aromatic carbocycles. The molecule has 2 aliphatic rings. The van der Waals surface area contributed by atoms with Crippen molar-refractivity contribution in [3.8, 4) is 0 Å². The Labute approximate surface area is 159 Å². The van der Waals surface area contributed by atoms with Crippen LogP contribution in [0.5, 0.6) is 0 Å². The molecule has 1 amide bonds. The summed E-state index contributed by atoms with van der Waals surface area (Å²) in [5.74, 6) is -0.203. The lowest BCUT2D eigenvalue weighted by Gasteiger charge is -2.53. The van der Waals surface area contributed by atoms with Crippen LogP contribution in [-0.2, 0) is 0 Å². The fourth-order valence-electron chi connectivity index (χ4n) is 3.94. The number of hydrogen-bond donors (Lipinski definition) is 1. The first-order valence-corrected chi connectivity index (χ1v) is 10.0. The predicted molar refractivity (Wildman–Crippen MR) is 103 cm³/mol. The van der Waals surface area contributed by atoms with E-state index in [-0.39, 0.29) is 5.91 Å². The third-order valence-electron chi connectivity index (χ3n) is 5.13. The van der Waals surface area contributed by atoms with Gasteiger partial charge in [-0.15, -0.1) is 11.3 Å².